The second-order valence-corrected chi connectivity index (χ2v) is 10.4. The van der Waals surface area contributed by atoms with Gasteiger partial charge in [0, 0.05) is 54.1 Å². The summed E-state index contributed by atoms with van der Waals surface area (Å²) < 4.78 is 0. The summed E-state index contributed by atoms with van der Waals surface area (Å²) in [6.07, 6.45) is 5.97. The number of H-pyrrole nitrogens is 1. The van der Waals surface area contributed by atoms with Crippen molar-refractivity contribution in [1.29, 1.82) is 0 Å². The first-order valence-electron chi connectivity index (χ1n) is 14.3. The second kappa shape index (κ2) is 13.7. The molecule has 8 nitrogen and oxygen atoms in total. The third kappa shape index (κ3) is 7.99. The molecule has 2 amide bonds. The molecule has 0 unspecified atom stereocenters. The number of aromatic amines is 1. The quantitative estimate of drug-likeness (QED) is 0.153. The molecule has 0 radical (unpaired) electrons. The molecule has 0 atom stereocenters. The molecule has 212 valence electrons. The Kier molecular flexibility index (Phi) is 9.34. The number of hydrogen-bond donors (Lipinski definition) is 5. The van der Waals surface area contributed by atoms with Gasteiger partial charge in [-0.3, -0.25) is 9.59 Å². The lowest BCUT2D eigenvalue weighted by Gasteiger charge is -2.31. The lowest BCUT2D eigenvalue weighted by molar-refractivity contribution is 0.0947. The molecule has 0 saturated carbocycles. The van der Waals surface area contributed by atoms with E-state index >= 15 is 0 Å². The Morgan fingerprint density at radius 2 is 1.46 bits per heavy atom. The van der Waals surface area contributed by atoms with Crippen molar-refractivity contribution in [3.63, 3.8) is 0 Å². The minimum absolute atomic E-state index is 0.0675. The first-order valence-corrected chi connectivity index (χ1v) is 14.3. The van der Waals surface area contributed by atoms with Gasteiger partial charge in [-0.2, -0.15) is 0 Å². The Morgan fingerprint density at radius 1 is 0.805 bits per heavy atom. The van der Waals surface area contributed by atoms with Crippen molar-refractivity contribution in [2.24, 2.45) is 0 Å². The molecule has 0 spiro atoms. The molecule has 3 aromatic carbocycles. The number of anilines is 4. The highest BCUT2D eigenvalue weighted by Crippen LogP contribution is 2.23. The van der Waals surface area contributed by atoms with E-state index in [0.717, 1.165) is 67.9 Å². The third-order valence-corrected chi connectivity index (χ3v) is 7.36. The normalized spacial score (nSPS) is 13.5. The number of aryl methyl sites for hydroxylation is 1. The van der Waals surface area contributed by atoms with Crippen LogP contribution in [0.2, 0.25) is 0 Å². The van der Waals surface area contributed by atoms with Crippen LogP contribution in [0.1, 0.15) is 52.1 Å². The summed E-state index contributed by atoms with van der Waals surface area (Å²) in [5.74, 6) is -0.216. The van der Waals surface area contributed by atoms with Gasteiger partial charge in [-0.15, -0.1) is 0 Å². The first-order chi connectivity index (χ1) is 20.0. The van der Waals surface area contributed by atoms with Crippen LogP contribution in [0, 0.1) is 0 Å². The van der Waals surface area contributed by atoms with Crippen molar-refractivity contribution < 1.29 is 14.7 Å². The number of aliphatic hydroxyl groups excluding tert-OH is 1. The fourth-order valence-corrected chi connectivity index (χ4v) is 4.93. The van der Waals surface area contributed by atoms with Crippen molar-refractivity contribution in [3.8, 4) is 0 Å². The Morgan fingerprint density at radius 3 is 2.12 bits per heavy atom. The van der Waals surface area contributed by atoms with Gasteiger partial charge >= 0.3 is 0 Å². The van der Waals surface area contributed by atoms with E-state index in [9.17, 15) is 14.7 Å². The van der Waals surface area contributed by atoms with E-state index in [1.54, 1.807) is 12.3 Å². The number of aliphatic hydroxyl groups is 1. The molecule has 4 aromatic rings. The summed E-state index contributed by atoms with van der Waals surface area (Å²) in [7, 11) is 0. The maximum atomic E-state index is 12.7. The smallest absolute Gasteiger partial charge is 0.267 e. The Hall–Kier alpha value is -4.56. The number of carbonyl (C=O) groups is 2. The lowest BCUT2D eigenvalue weighted by Crippen LogP contribution is -2.35. The molecule has 5 rings (SSSR count). The lowest BCUT2D eigenvalue weighted by atomic mass is 10.1. The number of rotatable bonds is 11. The van der Waals surface area contributed by atoms with Crippen LogP contribution in [0.4, 0.5) is 22.7 Å². The number of piperidine rings is 1. The van der Waals surface area contributed by atoms with Gasteiger partial charge in [0.2, 0.25) is 0 Å². The Balaban J connectivity index is 1.03. The maximum Gasteiger partial charge on any atom is 0.267 e. The molecule has 1 aromatic heterocycles. The van der Waals surface area contributed by atoms with Crippen LogP contribution >= 0.6 is 0 Å². The van der Waals surface area contributed by atoms with Crippen molar-refractivity contribution in [2.75, 3.05) is 35.2 Å². The number of nitrogens with one attached hydrogen (secondary N) is 4. The predicted octanol–water partition coefficient (Wildman–Crippen LogP) is 5.72. The molecule has 1 aliphatic rings. The van der Waals surface area contributed by atoms with Crippen LogP contribution in [0.15, 0.2) is 91.1 Å². The molecule has 8 heteroatoms. The zero-order chi connectivity index (χ0) is 28.4. The van der Waals surface area contributed by atoms with Gasteiger partial charge in [-0.1, -0.05) is 12.1 Å². The summed E-state index contributed by atoms with van der Waals surface area (Å²) in [4.78, 5) is 29.8. The number of benzene rings is 3. The zero-order valence-electron chi connectivity index (χ0n) is 23.1. The topological polar surface area (TPSA) is 109 Å². The van der Waals surface area contributed by atoms with Crippen LogP contribution < -0.4 is 20.9 Å². The van der Waals surface area contributed by atoms with E-state index in [2.05, 4.69) is 50.1 Å². The summed E-state index contributed by atoms with van der Waals surface area (Å²) in [5.41, 5.74) is 6.18. The summed E-state index contributed by atoms with van der Waals surface area (Å²) >= 11 is 0. The zero-order valence-corrected chi connectivity index (χ0v) is 23.1. The van der Waals surface area contributed by atoms with Gasteiger partial charge in [0.15, 0.2) is 0 Å². The van der Waals surface area contributed by atoms with Gasteiger partial charge < -0.3 is 30.9 Å². The van der Waals surface area contributed by atoms with E-state index in [1.807, 2.05) is 54.6 Å². The predicted molar refractivity (Wildman–Crippen MR) is 164 cm³/mol. The van der Waals surface area contributed by atoms with Gasteiger partial charge in [0.05, 0.1) is 6.10 Å². The number of aromatic nitrogens is 1. The van der Waals surface area contributed by atoms with Crippen LogP contribution in [-0.4, -0.2) is 47.6 Å². The average Bonchev–Trinajstić information content (AvgIpc) is 3.55. The molecule has 1 saturated heterocycles. The fraction of sp³-hybridized carbons (Fsp3) is 0.273. The van der Waals surface area contributed by atoms with Gasteiger partial charge in [0.25, 0.3) is 11.8 Å². The number of unbranched alkanes of at least 4 members (excludes halogenated alkanes) is 1. The van der Waals surface area contributed by atoms with Gasteiger partial charge in [-0.05, 0) is 110 Å². The molecule has 2 heterocycles. The minimum atomic E-state index is -0.205. The Bertz CT molecular complexity index is 1390. The molecule has 0 aliphatic carbocycles. The van der Waals surface area contributed by atoms with E-state index in [4.69, 9.17) is 0 Å². The van der Waals surface area contributed by atoms with Crippen LogP contribution in [-0.2, 0) is 6.42 Å². The standard InChI is InChI=1S/C33H37N5O3/c39-30-18-22-38(23-19-30)29-16-8-25(9-17-29)32(40)37-28-14-12-27(13-15-28)36-26-10-6-24(7-11-26)4-1-2-20-35-33(41)31-5-3-21-34-31/h3,5-17,21,30,34,36,39H,1-2,4,18-20,22-23H2,(H,35,41)(H,37,40). The average molecular weight is 552 g/mol. The van der Waals surface area contributed by atoms with Crippen molar-refractivity contribution >= 4 is 34.6 Å². The van der Waals surface area contributed by atoms with Gasteiger partial charge in [0.1, 0.15) is 5.69 Å². The molecule has 1 fully saturated rings. The second-order valence-electron chi connectivity index (χ2n) is 10.4. The highest BCUT2D eigenvalue weighted by atomic mass is 16.3. The Labute approximate surface area is 240 Å². The van der Waals surface area contributed by atoms with E-state index < -0.39 is 0 Å². The number of nitrogens with zero attached hydrogens (tertiary/aromatic N) is 1. The highest BCUT2D eigenvalue weighted by Gasteiger charge is 2.17. The van der Waals surface area contributed by atoms with E-state index in [1.165, 1.54) is 5.56 Å². The SMILES string of the molecule is O=C(Nc1ccc(Nc2ccc(CCCCNC(=O)c3ccc[nH]3)cc2)cc1)c1ccc(N2CCC(O)CC2)cc1. The van der Waals surface area contributed by atoms with Crippen molar-refractivity contribution in [2.45, 2.75) is 38.2 Å². The molecular weight excluding hydrogens is 514 g/mol. The molecule has 0 bridgehead atoms. The van der Waals surface area contributed by atoms with Crippen LogP contribution in [0.5, 0.6) is 0 Å². The largest absolute Gasteiger partial charge is 0.393 e. The van der Waals surface area contributed by atoms with Gasteiger partial charge in [-0.25, -0.2) is 0 Å². The number of hydrogen-bond acceptors (Lipinski definition) is 5. The molecule has 1 aliphatic heterocycles. The monoisotopic (exact) mass is 551 g/mol. The number of carbonyl (C=O) groups excluding carboxylic acids is 2. The number of amides is 2. The summed E-state index contributed by atoms with van der Waals surface area (Å²) in [5, 5.41) is 19.0. The molecule has 5 N–H and O–H groups in total. The van der Waals surface area contributed by atoms with E-state index in [0.29, 0.717) is 17.8 Å². The maximum absolute atomic E-state index is 12.7. The van der Waals surface area contributed by atoms with Crippen LogP contribution in [0.3, 0.4) is 0 Å². The summed E-state index contributed by atoms with van der Waals surface area (Å²) in [6.45, 7) is 2.31. The molecule has 41 heavy (non-hydrogen) atoms. The third-order valence-electron chi connectivity index (χ3n) is 7.36. The van der Waals surface area contributed by atoms with Crippen LogP contribution in [0.25, 0.3) is 0 Å². The van der Waals surface area contributed by atoms with Crippen molar-refractivity contribution in [1.82, 2.24) is 10.3 Å². The first kappa shape index (κ1) is 28.0. The van der Waals surface area contributed by atoms with Crippen molar-refractivity contribution in [3.05, 3.63) is 108 Å². The highest BCUT2D eigenvalue weighted by molar-refractivity contribution is 6.04. The minimum Gasteiger partial charge on any atom is -0.393 e. The van der Waals surface area contributed by atoms with E-state index in [-0.39, 0.29) is 17.9 Å². The summed E-state index contributed by atoms with van der Waals surface area (Å²) in [6, 6.07) is 27.2. The fourth-order valence-electron chi connectivity index (χ4n) is 4.93. The molecular formula is C33H37N5O3.